The molecule has 1 amide bonds. The number of hydrogen-bond donors (Lipinski definition) is 2. The first-order valence-electron chi connectivity index (χ1n) is 9.85. The summed E-state index contributed by atoms with van der Waals surface area (Å²) in [5, 5.41) is 15.5. The van der Waals surface area contributed by atoms with Crippen molar-refractivity contribution >= 4 is 46.0 Å². The van der Waals surface area contributed by atoms with Gasteiger partial charge in [0, 0.05) is 38.9 Å². The highest BCUT2D eigenvalue weighted by Crippen LogP contribution is 2.32. The van der Waals surface area contributed by atoms with Gasteiger partial charge >= 0.3 is 0 Å². The summed E-state index contributed by atoms with van der Waals surface area (Å²) in [4.78, 5) is 25.2. The molecule has 1 aliphatic rings. The van der Waals surface area contributed by atoms with Gasteiger partial charge in [0.2, 0.25) is 11.9 Å². The van der Waals surface area contributed by atoms with Crippen molar-refractivity contribution in [2.75, 3.05) is 30.4 Å². The maximum Gasteiger partial charge on any atom is 0.246 e. The van der Waals surface area contributed by atoms with Crippen LogP contribution in [0.15, 0.2) is 25.0 Å². The Morgan fingerprint density at radius 2 is 2.33 bits per heavy atom. The zero-order valence-corrected chi connectivity index (χ0v) is 17.7. The van der Waals surface area contributed by atoms with Gasteiger partial charge in [0.25, 0.3) is 0 Å². The molecular formula is C19H24ClN9O. The number of aryl methyl sites for hydroxylation is 1. The number of likely N-dealkylation sites (N-methyl/N-ethyl adjacent to an activating group) is 1. The van der Waals surface area contributed by atoms with Crippen LogP contribution in [0.4, 0.5) is 17.5 Å². The summed E-state index contributed by atoms with van der Waals surface area (Å²) >= 11 is 6.36. The summed E-state index contributed by atoms with van der Waals surface area (Å²) in [7, 11) is 1.95. The van der Waals surface area contributed by atoms with E-state index in [-0.39, 0.29) is 11.9 Å². The lowest BCUT2D eigenvalue weighted by Crippen LogP contribution is -2.48. The Hall–Kier alpha value is -3.14. The highest BCUT2D eigenvalue weighted by atomic mass is 35.5. The van der Waals surface area contributed by atoms with Crippen LogP contribution < -0.4 is 10.2 Å². The van der Waals surface area contributed by atoms with Gasteiger partial charge in [-0.05, 0) is 25.8 Å². The van der Waals surface area contributed by atoms with Gasteiger partial charge in [-0.1, -0.05) is 18.2 Å². The van der Waals surface area contributed by atoms with Gasteiger partial charge in [-0.25, -0.2) is 0 Å². The molecule has 0 aromatic carbocycles. The predicted molar refractivity (Wildman–Crippen MR) is 116 cm³/mol. The molecule has 4 heterocycles. The van der Waals surface area contributed by atoms with Crippen LogP contribution in [0.2, 0.25) is 5.15 Å². The molecule has 4 rings (SSSR count). The summed E-state index contributed by atoms with van der Waals surface area (Å²) in [5.41, 5.74) is 1.25. The molecule has 30 heavy (non-hydrogen) atoms. The van der Waals surface area contributed by atoms with E-state index in [1.165, 1.54) is 6.08 Å². The molecule has 3 aromatic heterocycles. The third-order valence-corrected chi connectivity index (χ3v) is 5.60. The largest absolute Gasteiger partial charge is 0.354 e. The Labute approximate surface area is 178 Å². The van der Waals surface area contributed by atoms with E-state index < -0.39 is 0 Å². The number of anilines is 3. The number of amides is 1. The Balaban J connectivity index is 1.67. The van der Waals surface area contributed by atoms with E-state index in [2.05, 4.69) is 37.1 Å². The fourth-order valence-electron chi connectivity index (χ4n) is 3.69. The number of aromatic nitrogens is 6. The Bertz CT molecular complexity index is 1080. The number of fused-ring (bicyclic) bond motifs is 1. The van der Waals surface area contributed by atoms with Crippen LogP contribution in [0.25, 0.3) is 11.0 Å². The molecule has 0 saturated carbocycles. The summed E-state index contributed by atoms with van der Waals surface area (Å²) in [6, 6.07) is 0.0856. The van der Waals surface area contributed by atoms with Gasteiger partial charge in [-0.15, -0.1) is 0 Å². The number of aromatic amines is 1. The van der Waals surface area contributed by atoms with Gasteiger partial charge in [0.15, 0.2) is 5.65 Å². The highest BCUT2D eigenvalue weighted by molar-refractivity contribution is 6.35. The average molecular weight is 430 g/mol. The first-order chi connectivity index (χ1) is 14.5. The zero-order valence-electron chi connectivity index (χ0n) is 17.0. The van der Waals surface area contributed by atoms with Crippen LogP contribution >= 0.6 is 11.6 Å². The normalized spacial score (nSPS) is 16.6. The molecule has 0 aliphatic carbocycles. The van der Waals surface area contributed by atoms with Crippen LogP contribution in [0.3, 0.4) is 0 Å². The van der Waals surface area contributed by atoms with Gasteiger partial charge in [-0.2, -0.15) is 20.2 Å². The van der Waals surface area contributed by atoms with Crippen LogP contribution in [-0.2, 0) is 11.3 Å². The molecule has 0 spiro atoms. The Morgan fingerprint density at radius 3 is 3.07 bits per heavy atom. The monoisotopic (exact) mass is 429 g/mol. The number of hydrogen-bond acceptors (Lipinski definition) is 7. The average Bonchev–Trinajstić information content (AvgIpc) is 3.38. The van der Waals surface area contributed by atoms with E-state index in [4.69, 9.17) is 16.6 Å². The first kappa shape index (κ1) is 20.1. The summed E-state index contributed by atoms with van der Waals surface area (Å²) < 4.78 is 1.81. The molecule has 1 atom stereocenters. The van der Waals surface area contributed by atoms with Crippen molar-refractivity contribution in [2.24, 2.45) is 0 Å². The molecule has 1 saturated heterocycles. The molecule has 1 fully saturated rings. The minimum absolute atomic E-state index is 0.0578. The minimum Gasteiger partial charge on any atom is -0.354 e. The van der Waals surface area contributed by atoms with Crippen molar-refractivity contribution in [3.05, 3.63) is 30.2 Å². The fraction of sp³-hybridized carbons (Fsp3) is 0.421. The quantitative estimate of drug-likeness (QED) is 0.579. The van der Waals surface area contributed by atoms with Crippen LogP contribution in [0, 0.1) is 0 Å². The fourth-order valence-corrected chi connectivity index (χ4v) is 3.90. The number of carbonyl (C=O) groups excluding carboxylic acids is 1. The standard InChI is InChI=1S/C19H24ClN9O/c1-4-14(30)28-8-6-7-13(11-28)27(3)18-15-16(20)25-26-17(15)23-19(24-18)22-12-9-21-29(5-2)10-12/h4,9-10,13H,1,5-8,11H2,2-3H3,(H2,22,23,24,25,26). The van der Waals surface area contributed by atoms with E-state index >= 15 is 0 Å². The number of nitrogens with one attached hydrogen (secondary N) is 2. The third-order valence-electron chi connectivity index (χ3n) is 5.33. The number of nitrogens with zero attached hydrogens (tertiary/aromatic N) is 7. The lowest BCUT2D eigenvalue weighted by molar-refractivity contribution is -0.127. The summed E-state index contributed by atoms with van der Waals surface area (Å²) in [5.74, 6) is 0.998. The smallest absolute Gasteiger partial charge is 0.246 e. The third kappa shape index (κ3) is 3.82. The first-order valence-corrected chi connectivity index (χ1v) is 10.2. The van der Waals surface area contributed by atoms with Crippen molar-refractivity contribution < 1.29 is 4.79 Å². The summed E-state index contributed by atoms with van der Waals surface area (Å²) in [6.45, 7) is 7.71. The Morgan fingerprint density at radius 1 is 1.50 bits per heavy atom. The maximum atomic E-state index is 12.1. The van der Waals surface area contributed by atoms with Gasteiger partial charge < -0.3 is 15.1 Å². The van der Waals surface area contributed by atoms with E-state index in [1.54, 1.807) is 6.20 Å². The zero-order chi connectivity index (χ0) is 21.3. The van der Waals surface area contributed by atoms with Crippen molar-refractivity contribution in [1.29, 1.82) is 0 Å². The molecule has 1 aliphatic heterocycles. The van der Waals surface area contributed by atoms with E-state index in [9.17, 15) is 4.79 Å². The Kier molecular flexibility index (Phi) is 5.58. The van der Waals surface area contributed by atoms with Crippen molar-refractivity contribution in [2.45, 2.75) is 32.4 Å². The van der Waals surface area contributed by atoms with Gasteiger partial charge in [0.05, 0.1) is 11.9 Å². The molecule has 0 radical (unpaired) electrons. The number of rotatable bonds is 6. The lowest BCUT2D eigenvalue weighted by Gasteiger charge is -2.38. The van der Waals surface area contributed by atoms with E-state index in [0.717, 1.165) is 31.6 Å². The van der Waals surface area contributed by atoms with Crippen LogP contribution in [0.5, 0.6) is 0 Å². The number of likely N-dealkylation sites (tertiary alicyclic amines) is 1. The van der Waals surface area contributed by atoms with Crippen molar-refractivity contribution in [3.63, 3.8) is 0 Å². The molecule has 1 unspecified atom stereocenters. The predicted octanol–water partition coefficient (Wildman–Crippen LogP) is 2.58. The minimum atomic E-state index is -0.0578. The molecule has 2 N–H and O–H groups in total. The van der Waals surface area contributed by atoms with Crippen LogP contribution in [-0.4, -0.2) is 66.9 Å². The number of piperidine rings is 1. The molecular weight excluding hydrogens is 406 g/mol. The second-order valence-electron chi connectivity index (χ2n) is 7.21. The topological polar surface area (TPSA) is 108 Å². The molecule has 10 nitrogen and oxygen atoms in total. The molecule has 3 aromatic rings. The SMILES string of the molecule is C=CC(=O)N1CCCC(N(C)c2nc(Nc3cnn(CC)c3)nc3n[nH]c(Cl)c23)C1. The second-order valence-corrected chi connectivity index (χ2v) is 7.59. The van der Waals surface area contributed by atoms with Gasteiger partial charge in [-0.3, -0.25) is 14.6 Å². The van der Waals surface area contributed by atoms with Crippen molar-refractivity contribution in [3.8, 4) is 0 Å². The van der Waals surface area contributed by atoms with E-state index in [1.807, 2.05) is 29.7 Å². The molecule has 0 bridgehead atoms. The summed E-state index contributed by atoms with van der Waals surface area (Å²) in [6.07, 6.45) is 6.80. The highest BCUT2D eigenvalue weighted by Gasteiger charge is 2.28. The number of H-pyrrole nitrogens is 1. The molecule has 11 heteroatoms. The second kappa shape index (κ2) is 8.31. The van der Waals surface area contributed by atoms with E-state index in [0.29, 0.717) is 34.5 Å². The lowest BCUT2D eigenvalue weighted by atomic mass is 10.0. The van der Waals surface area contributed by atoms with Crippen molar-refractivity contribution in [1.82, 2.24) is 34.8 Å². The van der Waals surface area contributed by atoms with Crippen LogP contribution in [0.1, 0.15) is 19.8 Å². The number of carbonyl (C=O) groups is 1. The molecule has 158 valence electrons. The maximum absolute atomic E-state index is 12.1. The number of halogens is 1. The van der Waals surface area contributed by atoms with Gasteiger partial charge in [0.1, 0.15) is 16.4 Å².